The van der Waals surface area contributed by atoms with Crippen LogP contribution in [0.1, 0.15) is 45.6 Å². The molecule has 4 atom stereocenters. The zero-order valence-electron chi connectivity index (χ0n) is 17.6. The molecule has 0 spiro atoms. The topological polar surface area (TPSA) is 140 Å². The number of aliphatic hydroxyl groups is 1. The van der Waals surface area contributed by atoms with Crippen LogP contribution < -0.4 is 10.1 Å². The Balaban J connectivity index is 0.000000469. The number of nitrogens with one attached hydrogen (secondary N) is 1. The molecule has 0 heterocycles. The van der Waals surface area contributed by atoms with Crippen molar-refractivity contribution in [3.05, 3.63) is 29.8 Å². The molecule has 2 saturated carbocycles. The van der Waals surface area contributed by atoms with Gasteiger partial charge >= 0.3 is 11.9 Å². The van der Waals surface area contributed by atoms with Crippen molar-refractivity contribution in [1.29, 1.82) is 5.26 Å². The van der Waals surface area contributed by atoms with Crippen LogP contribution in [0.15, 0.2) is 24.3 Å². The Morgan fingerprint density at radius 1 is 1.23 bits per heavy atom. The summed E-state index contributed by atoms with van der Waals surface area (Å²) in [5.74, 6) is -2.17. The number of nitrogens with zero attached hydrogens (tertiary/aromatic N) is 1. The van der Waals surface area contributed by atoms with Gasteiger partial charge in [0.25, 0.3) is 0 Å². The molecule has 2 aliphatic carbocycles. The van der Waals surface area contributed by atoms with Crippen molar-refractivity contribution >= 4 is 11.9 Å². The molecule has 4 unspecified atom stereocenters. The van der Waals surface area contributed by atoms with Gasteiger partial charge in [-0.15, -0.1) is 0 Å². The Labute approximate surface area is 176 Å². The highest BCUT2D eigenvalue weighted by atomic mass is 16.5. The molecule has 164 valence electrons. The van der Waals surface area contributed by atoms with Gasteiger partial charge in [0, 0.05) is 12.6 Å². The fourth-order valence-electron chi connectivity index (χ4n) is 4.67. The zero-order valence-corrected chi connectivity index (χ0v) is 17.6. The van der Waals surface area contributed by atoms with Gasteiger partial charge in [0.1, 0.15) is 18.5 Å². The molecular formula is C22H30N2O6. The van der Waals surface area contributed by atoms with Crippen molar-refractivity contribution in [1.82, 2.24) is 5.32 Å². The lowest BCUT2D eigenvalue weighted by atomic mass is 9.69. The first-order valence-corrected chi connectivity index (χ1v) is 10.0. The molecule has 1 aromatic carbocycles. The molecule has 2 fully saturated rings. The maximum Gasteiger partial charge on any atom is 0.414 e. The first kappa shape index (κ1) is 23.6. The van der Waals surface area contributed by atoms with E-state index in [-0.39, 0.29) is 6.61 Å². The van der Waals surface area contributed by atoms with Crippen LogP contribution in [0.25, 0.3) is 0 Å². The molecule has 30 heavy (non-hydrogen) atoms. The Hall–Kier alpha value is -2.63. The zero-order chi connectivity index (χ0) is 22.5. The van der Waals surface area contributed by atoms with Crippen LogP contribution in [0.3, 0.4) is 0 Å². The number of fused-ring (bicyclic) bond motifs is 2. The minimum absolute atomic E-state index is 0.259. The fourth-order valence-corrected chi connectivity index (χ4v) is 4.67. The third-order valence-corrected chi connectivity index (χ3v) is 7.00. The summed E-state index contributed by atoms with van der Waals surface area (Å²) in [6.45, 7) is 8.01. The minimum Gasteiger partial charge on any atom is -0.491 e. The first-order chi connectivity index (χ1) is 14.0. The van der Waals surface area contributed by atoms with E-state index >= 15 is 0 Å². The molecule has 2 aliphatic rings. The number of carboxylic acid groups (broad SMARTS) is 2. The lowest BCUT2D eigenvalue weighted by Gasteiger charge is -2.40. The summed E-state index contributed by atoms with van der Waals surface area (Å²) in [7, 11) is 0. The van der Waals surface area contributed by atoms with Crippen molar-refractivity contribution < 1.29 is 29.6 Å². The van der Waals surface area contributed by atoms with Crippen LogP contribution in [0.2, 0.25) is 0 Å². The van der Waals surface area contributed by atoms with Crippen molar-refractivity contribution in [3.8, 4) is 11.8 Å². The molecule has 0 amide bonds. The molecule has 8 heteroatoms. The SMILES string of the molecule is CC1(C)C2CCC1(C)C(NCC(O)COc1ccc(C#N)cc1)C2.O=C(O)C(=O)O. The lowest BCUT2D eigenvalue weighted by Crippen LogP contribution is -2.47. The molecule has 4 N–H and O–H groups in total. The molecular weight excluding hydrogens is 388 g/mol. The number of aliphatic hydroxyl groups excluding tert-OH is 1. The van der Waals surface area contributed by atoms with Crippen LogP contribution in [-0.4, -0.2) is 52.6 Å². The number of rotatable bonds is 6. The third-order valence-electron chi connectivity index (χ3n) is 7.00. The molecule has 8 nitrogen and oxygen atoms in total. The number of hydrogen-bond acceptors (Lipinski definition) is 6. The Morgan fingerprint density at radius 2 is 1.83 bits per heavy atom. The number of ether oxygens (including phenoxy) is 1. The van der Waals surface area contributed by atoms with Crippen LogP contribution in [0.4, 0.5) is 0 Å². The average molecular weight is 418 g/mol. The Bertz CT molecular complexity index is 789. The van der Waals surface area contributed by atoms with E-state index in [9.17, 15) is 5.11 Å². The largest absolute Gasteiger partial charge is 0.491 e. The normalized spacial score (nSPS) is 26.8. The lowest BCUT2D eigenvalue weighted by molar-refractivity contribution is -0.159. The van der Waals surface area contributed by atoms with Crippen LogP contribution in [0, 0.1) is 28.1 Å². The second kappa shape index (κ2) is 9.45. The van der Waals surface area contributed by atoms with Gasteiger partial charge in [0.05, 0.1) is 11.6 Å². The maximum absolute atomic E-state index is 10.2. The summed E-state index contributed by atoms with van der Waals surface area (Å²) in [5.41, 5.74) is 1.32. The molecule has 0 saturated heterocycles. The highest BCUT2D eigenvalue weighted by Gasteiger charge is 2.60. The van der Waals surface area contributed by atoms with Gasteiger partial charge in [0.2, 0.25) is 0 Å². The summed E-state index contributed by atoms with van der Waals surface area (Å²) in [6.07, 6.45) is 3.30. The summed E-state index contributed by atoms with van der Waals surface area (Å²) >= 11 is 0. The van der Waals surface area contributed by atoms with Gasteiger partial charge in [-0.3, -0.25) is 0 Å². The summed E-state index contributed by atoms with van der Waals surface area (Å²) in [4.78, 5) is 18.2. The van der Waals surface area contributed by atoms with Crippen molar-refractivity contribution in [3.63, 3.8) is 0 Å². The van der Waals surface area contributed by atoms with Crippen LogP contribution in [0.5, 0.6) is 5.75 Å². The second-order valence-electron chi connectivity index (χ2n) is 8.78. The van der Waals surface area contributed by atoms with Gasteiger partial charge in [0.15, 0.2) is 0 Å². The summed E-state index contributed by atoms with van der Waals surface area (Å²) < 4.78 is 5.61. The number of carbonyl (C=O) groups is 2. The molecule has 1 aromatic rings. The van der Waals surface area contributed by atoms with Gasteiger partial charge in [-0.2, -0.15) is 5.26 Å². The quantitative estimate of drug-likeness (QED) is 0.516. The van der Waals surface area contributed by atoms with E-state index in [2.05, 4.69) is 32.2 Å². The van der Waals surface area contributed by atoms with Gasteiger partial charge < -0.3 is 25.4 Å². The van der Waals surface area contributed by atoms with Gasteiger partial charge in [-0.1, -0.05) is 20.8 Å². The predicted octanol–water partition coefficient (Wildman–Crippen LogP) is 2.26. The number of benzene rings is 1. The average Bonchev–Trinajstić information content (AvgIpc) is 3.04. The van der Waals surface area contributed by atoms with E-state index in [0.29, 0.717) is 34.7 Å². The van der Waals surface area contributed by atoms with Gasteiger partial charge in [-0.25, -0.2) is 9.59 Å². The first-order valence-electron chi connectivity index (χ1n) is 10.0. The number of aliphatic carboxylic acids is 2. The van der Waals surface area contributed by atoms with Crippen molar-refractivity contribution in [2.24, 2.45) is 16.7 Å². The fraction of sp³-hybridized carbons (Fsp3) is 0.591. The van der Waals surface area contributed by atoms with Crippen LogP contribution >= 0.6 is 0 Å². The second-order valence-corrected chi connectivity index (χ2v) is 8.78. The van der Waals surface area contributed by atoms with E-state index < -0.39 is 18.0 Å². The maximum atomic E-state index is 10.2. The number of hydrogen-bond donors (Lipinski definition) is 4. The minimum atomic E-state index is -1.82. The summed E-state index contributed by atoms with van der Waals surface area (Å²) in [5, 5.41) is 37.4. The number of nitriles is 1. The molecule has 0 aromatic heterocycles. The van der Waals surface area contributed by atoms with E-state index in [1.807, 2.05) is 0 Å². The molecule has 0 aliphatic heterocycles. The smallest absolute Gasteiger partial charge is 0.414 e. The number of carboxylic acids is 2. The standard InChI is InChI=1S/C20H28N2O2.C2H2O4/c1-19(2)15-8-9-20(19,3)18(10-15)22-12-16(23)13-24-17-6-4-14(11-21)5-7-17;3-1(4)2(5)6/h4-7,15-16,18,22-23H,8-10,12-13H2,1-3H3;(H,3,4)(H,5,6). The molecule has 3 rings (SSSR count). The third kappa shape index (κ3) is 5.10. The van der Waals surface area contributed by atoms with E-state index in [0.717, 1.165) is 5.92 Å². The van der Waals surface area contributed by atoms with E-state index in [1.54, 1.807) is 24.3 Å². The molecule has 2 bridgehead atoms. The van der Waals surface area contributed by atoms with E-state index in [4.69, 9.17) is 29.8 Å². The Kier molecular flexibility index (Phi) is 7.45. The van der Waals surface area contributed by atoms with Crippen LogP contribution in [-0.2, 0) is 9.59 Å². The predicted molar refractivity (Wildman–Crippen MR) is 109 cm³/mol. The monoisotopic (exact) mass is 418 g/mol. The van der Waals surface area contributed by atoms with E-state index in [1.165, 1.54) is 19.3 Å². The Morgan fingerprint density at radius 3 is 2.27 bits per heavy atom. The summed E-state index contributed by atoms with van der Waals surface area (Å²) in [6, 6.07) is 9.53. The highest BCUT2D eigenvalue weighted by molar-refractivity contribution is 6.27. The van der Waals surface area contributed by atoms with Crippen molar-refractivity contribution in [2.75, 3.05) is 13.2 Å². The highest BCUT2D eigenvalue weighted by Crippen LogP contribution is 2.65. The van der Waals surface area contributed by atoms with Gasteiger partial charge in [-0.05, 0) is 60.3 Å². The molecule has 0 radical (unpaired) electrons. The van der Waals surface area contributed by atoms with Crippen molar-refractivity contribution in [2.45, 2.75) is 52.2 Å².